The summed E-state index contributed by atoms with van der Waals surface area (Å²) >= 11 is 0. The Hall–Kier alpha value is -2.61. The summed E-state index contributed by atoms with van der Waals surface area (Å²) in [6.07, 6.45) is -2.08. The van der Waals surface area contributed by atoms with Crippen LogP contribution in [0.5, 0.6) is 11.6 Å². The van der Waals surface area contributed by atoms with Gasteiger partial charge in [0.05, 0.1) is 35.1 Å². The van der Waals surface area contributed by atoms with Crippen LogP contribution < -0.4 is 4.74 Å². The molecule has 0 aliphatic carbocycles. The van der Waals surface area contributed by atoms with Crippen LogP contribution in [0.15, 0.2) is 42.9 Å². The Kier molecular flexibility index (Phi) is 4.16. The number of pyridine rings is 1. The van der Waals surface area contributed by atoms with Gasteiger partial charge in [-0.2, -0.15) is 13.2 Å². The van der Waals surface area contributed by atoms with Gasteiger partial charge < -0.3 is 14.4 Å². The Labute approximate surface area is 141 Å². The minimum absolute atomic E-state index is 0.0554. The van der Waals surface area contributed by atoms with Crippen LogP contribution in [-0.2, 0) is 11.7 Å². The van der Waals surface area contributed by atoms with Crippen LogP contribution in [0.2, 0.25) is 0 Å². The number of hydrogen-bond acceptors (Lipinski definition) is 4. The molecule has 0 unspecified atom stereocenters. The van der Waals surface area contributed by atoms with Crippen molar-refractivity contribution in [1.29, 1.82) is 0 Å². The average Bonchev–Trinajstić information content (AvgIpc) is 2.98. The Bertz CT molecular complexity index is 886. The van der Waals surface area contributed by atoms with Crippen molar-refractivity contribution in [1.82, 2.24) is 14.5 Å². The normalized spacial score (nSPS) is 12.6. The summed E-state index contributed by atoms with van der Waals surface area (Å²) < 4.78 is 45.1. The molecule has 0 spiro atoms. The molecular formula is C17H16F3N3O2. The molecule has 132 valence electrons. The molecule has 0 saturated heterocycles. The minimum Gasteiger partial charge on any atom is -0.439 e. The number of halogens is 3. The monoisotopic (exact) mass is 351 g/mol. The molecule has 0 amide bonds. The van der Waals surface area contributed by atoms with Crippen molar-refractivity contribution in [3.05, 3.63) is 48.4 Å². The topological polar surface area (TPSA) is 60.2 Å². The molecule has 0 fully saturated rings. The third-order valence-corrected chi connectivity index (χ3v) is 3.84. The second-order valence-corrected chi connectivity index (χ2v) is 6.22. The van der Waals surface area contributed by atoms with E-state index in [-0.39, 0.29) is 12.5 Å². The zero-order chi connectivity index (χ0) is 18.2. The molecule has 2 heterocycles. The number of ether oxygens (including phenoxy) is 1. The van der Waals surface area contributed by atoms with Crippen molar-refractivity contribution in [2.75, 3.05) is 6.61 Å². The van der Waals surface area contributed by atoms with E-state index < -0.39 is 17.3 Å². The minimum atomic E-state index is -4.44. The molecule has 3 aromatic rings. The molecule has 5 nitrogen and oxygen atoms in total. The van der Waals surface area contributed by atoms with Crippen LogP contribution in [-0.4, -0.2) is 26.2 Å². The van der Waals surface area contributed by atoms with Gasteiger partial charge in [0.25, 0.3) is 0 Å². The lowest BCUT2D eigenvalue weighted by Crippen LogP contribution is -2.29. The largest absolute Gasteiger partial charge is 0.439 e. The van der Waals surface area contributed by atoms with E-state index in [1.807, 2.05) is 18.4 Å². The molecule has 1 aromatic carbocycles. The Morgan fingerprint density at radius 3 is 2.48 bits per heavy atom. The van der Waals surface area contributed by atoms with E-state index in [2.05, 4.69) is 9.97 Å². The highest BCUT2D eigenvalue weighted by Crippen LogP contribution is 2.31. The van der Waals surface area contributed by atoms with Gasteiger partial charge in [-0.3, -0.25) is 0 Å². The molecule has 2 aromatic heterocycles. The number of aliphatic hydroxyl groups is 1. The highest BCUT2D eigenvalue weighted by atomic mass is 19.4. The summed E-state index contributed by atoms with van der Waals surface area (Å²) in [6, 6.07) is 7.19. The second kappa shape index (κ2) is 6.03. The van der Waals surface area contributed by atoms with Crippen molar-refractivity contribution in [3.8, 4) is 11.6 Å². The highest BCUT2D eigenvalue weighted by molar-refractivity contribution is 5.77. The van der Waals surface area contributed by atoms with E-state index in [0.29, 0.717) is 11.3 Å². The number of hydrogen-bond donors (Lipinski definition) is 1. The van der Waals surface area contributed by atoms with Crippen molar-refractivity contribution in [2.45, 2.75) is 25.6 Å². The van der Waals surface area contributed by atoms with Crippen LogP contribution in [0.4, 0.5) is 13.2 Å². The van der Waals surface area contributed by atoms with Gasteiger partial charge in [0.15, 0.2) is 0 Å². The van der Waals surface area contributed by atoms with Gasteiger partial charge in [0.2, 0.25) is 5.88 Å². The third-order valence-electron chi connectivity index (χ3n) is 3.84. The second-order valence-electron chi connectivity index (χ2n) is 6.22. The quantitative estimate of drug-likeness (QED) is 0.773. The third kappa shape index (κ3) is 3.43. The first kappa shape index (κ1) is 17.2. The van der Waals surface area contributed by atoms with Gasteiger partial charge in [-0.05, 0) is 32.0 Å². The van der Waals surface area contributed by atoms with Crippen molar-refractivity contribution < 1.29 is 23.0 Å². The first-order chi connectivity index (χ1) is 11.7. The summed E-state index contributed by atoms with van der Waals surface area (Å²) in [6.45, 7) is 3.64. The Morgan fingerprint density at radius 1 is 1.12 bits per heavy atom. The first-order valence-corrected chi connectivity index (χ1v) is 7.50. The van der Waals surface area contributed by atoms with Crippen LogP contribution in [0.25, 0.3) is 11.0 Å². The Morgan fingerprint density at radius 2 is 1.88 bits per heavy atom. The predicted molar refractivity (Wildman–Crippen MR) is 85.5 cm³/mol. The lowest BCUT2D eigenvalue weighted by Gasteiger charge is -2.24. The maximum atomic E-state index is 12.6. The van der Waals surface area contributed by atoms with E-state index in [1.54, 1.807) is 24.5 Å². The predicted octanol–water partition coefficient (Wildman–Crippen LogP) is 3.97. The van der Waals surface area contributed by atoms with Gasteiger partial charge in [-0.1, -0.05) is 0 Å². The number of alkyl halides is 3. The van der Waals surface area contributed by atoms with E-state index in [0.717, 1.165) is 17.8 Å². The number of rotatable bonds is 4. The fourth-order valence-corrected chi connectivity index (χ4v) is 2.34. The molecule has 0 radical (unpaired) electrons. The average molecular weight is 351 g/mol. The molecule has 0 aliphatic rings. The standard InChI is InChI=1S/C17H16F3N3O2/c1-16(2,9-24)23-10-22-13-5-4-12(7-14(13)23)25-15-6-3-11(8-21-15)17(18,19)20/h3-8,10,24H,9H2,1-2H3. The zero-order valence-electron chi connectivity index (χ0n) is 13.6. The highest BCUT2D eigenvalue weighted by Gasteiger charge is 2.30. The zero-order valence-corrected chi connectivity index (χ0v) is 13.6. The summed E-state index contributed by atoms with van der Waals surface area (Å²) in [5.74, 6) is 0.468. The fraction of sp³-hybridized carbons (Fsp3) is 0.294. The summed E-state index contributed by atoms with van der Waals surface area (Å²) in [4.78, 5) is 7.97. The molecule has 3 rings (SSSR count). The number of fused-ring (bicyclic) bond motifs is 1. The van der Waals surface area contributed by atoms with Crippen LogP contribution in [0.3, 0.4) is 0 Å². The summed E-state index contributed by atoms with van der Waals surface area (Å²) in [5.41, 5.74) is 0.0655. The number of imidazole rings is 1. The van der Waals surface area contributed by atoms with E-state index in [1.165, 1.54) is 6.07 Å². The lowest BCUT2D eigenvalue weighted by molar-refractivity contribution is -0.137. The maximum Gasteiger partial charge on any atom is 0.417 e. The van der Waals surface area contributed by atoms with E-state index in [9.17, 15) is 18.3 Å². The number of benzene rings is 1. The van der Waals surface area contributed by atoms with Crippen molar-refractivity contribution in [2.24, 2.45) is 0 Å². The van der Waals surface area contributed by atoms with Crippen LogP contribution in [0, 0.1) is 0 Å². The van der Waals surface area contributed by atoms with Gasteiger partial charge in [0.1, 0.15) is 5.75 Å². The molecule has 1 N–H and O–H groups in total. The van der Waals surface area contributed by atoms with Gasteiger partial charge >= 0.3 is 6.18 Å². The summed E-state index contributed by atoms with van der Waals surface area (Å²) in [7, 11) is 0. The lowest BCUT2D eigenvalue weighted by atomic mass is 10.1. The van der Waals surface area contributed by atoms with Gasteiger partial charge in [-0.15, -0.1) is 0 Å². The molecular weight excluding hydrogens is 335 g/mol. The molecule has 0 aliphatic heterocycles. The molecule has 25 heavy (non-hydrogen) atoms. The van der Waals surface area contributed by atoms with E-state index >= 15 is 0 Å². The van der Waals surface area contributed by atoms with Crippen molar-refractivity contribution in [3.63, 3.8) is 0 Å². The molecule has 0 bridgehead atoms. The number of nitrogens with zero attached hydrogens (tertiary/aromatic N) is 3. The Balaban J connectivity index is 1.91. The van der Waals surface area contributed by atoms with E-state index in [4.69, 9.17) is 4.74 Å². The fourth-order valence-electron chi connectivity index (χ4n) is 2.34. The molecule has 0 saturated carbocycles. The molecule has 0 atom stereocenters. The van der Waals surface area contributed by atoms with Crippen LogP contribution >= 0.6 is 0 Å². The smallest absolute Gasteiger partial charge is 0.417 e. The first-order valence-electron chi connectivity index (χ1n) is 7.50. The number of aromatic nitrogens is 3. The maximum absolute atomic E-state index is 12.6. The summed E-state index contributed by atoms with van der Waals surface area (Å²) in [5, 5.41) is 9.54. The van der Waals surface area contributed by atoms with Crippen LogP contribution in [0.1, 0.15) is 19.4 Å². The van der Waals surface area contributed by atoms with Crippen molar-refractivity contribution >= 4 is 11.0 Å². The van der Waals surface area contributed by atoms with Gasteiger partial charge in [-0.25, -0.2) is 9.97 Å². The molecule has 8 heteroatoms. The SMILES string of the molecule is CC(C)(CO)n1cnc2ccc(Oc3ccc(C(F)(F)F)cn3)cc21. The van der Waals surface area contributed by atoms with Gasteiger partial charge in [0, 0.05) is 18.3 Å². The number of aliphatic hydroxyl groups excluding tert-OH is 1.